The molecule has 1 atom stereocenters. The fourth-order valence-corrected chi connectivity index (χ4v) is 1.30. The topological polar surface area (TPSA) is 29.1 Å². The molecule has 0 amide bonds. The first-order chi connectivity index (χ1) is 6.18. The molecule has 0 heterocycles. The summed E-state index contributed by atoms with van der Waals surface area (Å²) < 4.78 is 0. The van der Waals surface area contributed by atoms with Crippen LogP contribution in [0.5, 0.6) is 0 Å². The molecule has 0 aliphatic heterocycles. The minimum Gasteiger partial charge on any atom is -0.382 e. The highest BCUT2D eigenvalue weighted by atomic mass is 16.1. The van der Waals surface area contributed by atoms with E-state index in [1.54, 1.807) is 6.92 Å². The molecule has 1 N–H and O–H groups in total. The van der Waals surface area contributed by atoms with Gasteiger partial charge in [-0.1, -0.05) is 18.2 Å². The maximum atomic E-state index is 10.8. The second kappa shape index (κ2) is 4.65. The van der Waals surface area contributed by atoms with Gasteiger partial charge in [0.1, 0.15) is 5.78 Å². The van der Waals surface area contributed by atoms with Crippen LogP contribution in [0.15, 0.2) is 30.3 Å². The Bertz CT molecular complexity index is 269. The number of benzene rings is 1. The third-order valence-electron chi connectivity index (χ3n) is 1.78. The number of carbonyl (C=O) groups is 1. The van der Waals surface area contributed by atoms with Crippen LogP contribution in [-0.4, -0.2) is 11.8 Å². The van der Waals surface area contributed by atoms with E-state index in [2.05, 4.69) is 5.32 Å². The third-order valence-corrected chi connectivity index (χ3v) is 1.78. The highest BCUT2D eigenvalue weighted by Crippen LogP contribution is 2.08. The van der Waals surface area contributed by atoms with Gasteiger partial charge >= 0.3 is 0 Å². The van der Waals surface area contributed by atoms with E-state index in [1.807, 2.05) is 37.3 Å². The van der Waals surface area contributed by atoms with Crippen molar-refractivity contribution >= 4 is 11.5 Å². The van der Waals surface area contributed by atoms with Gasteiger partial charge in [0.05, 0.1) is 0 Å². The number of anilines is 1. The highest BCUT2D eigenvalue weighted by molar-refractivity contribution is 5.76. The number of nitrogens with one attached hydrogen (secondary N) is 1. The lowest BCUT2D eigenvalue weighted by molar-refractivity contribution is -0.117. The Morgan fingerprint density at radius 3 is 2.54 bits per heavy atom. The summed E-state index contributed by atoms with van der Waals surface area (Å²) in [5.74, 6) is 0.218. The Balaban J connectivity index is 2.45. The molecule has 0 saturated carbocycles. The maximum absolute atomic E-state index is 10.8. The lowest BCUT2D eigenvalue weighted by Gasteiger charge is -2.12. The molecule has 0 spiro atoms. The van der Waals surface area contributed by atoms with E-state index in [-0.39, 0.29) is 11.8 Å². The van der Waals surface area contributed by atoms with Crippen molar-refractivity contribution in [3.8, 4) is 0 Å². The Labute approximate surface area is 79.0 Å². The minimum absolute atomic E-state index is 0.208. The average molecular weight is 177 g/mol. The van der Waals surface area contributed by atoms with Gasteiger partial charge in [-0.25, -0.2) is 0 Å². The van der Waals surface area contributed by atoms with E-state index in [1.165, 1.54) is 0 Å². The van der Waals surface area contributed by atoms with Gasteiger partial charge in [0, 0.05) is 18.2 Å². The van der Waals surface area contributed by atoms with Gasteiger partial charge in [0.15, 0.2) is 0 Å². The van der Waals surface area contributed by atoms with E-state index in [9.17, 15) is 4.79 Å². The zero-order valence-electron chi connectivity index (χ0n) is 8.08. The van der Waals surface area contributed by atoms with Crippen molar-refractivity contribution in [2.24, 2.45) is 0 Å². The molecule has 0 radical (unpaired) electrons. The van der Waals surface area contributed by atoms with Crippen molar-refractivity contribution in [2.45, 2.75) is 26.3 Å². The molecule has 0 aromatic heterocycles. The van der Waals surface area contributed by atoms with E-state index in [0.717, 1.165) is 5.69 Å². The number of para-hydroxylation sites is 1. The number of ketones is 1. The maximum Gasteiger partial charge on any atom is 0.131 e. The number of hydrogen-bond donors (Lipinski definition) is 1. The predicted molar refractivity (Wildman–Crippen MR) is 54.8 cm³/mol. The summed E-state index contributed by atoms with van der Waals surface area (Å²) in [6.07, 6.45) is 0.578. The van der Waals surface area contributed by atoms with Crippen LogP contribution in [0.4, 0.5) is 5.69 Å². The van der Waals surface area contributed by atoms with Gasteiger partial charge in [0.2, 0.25) is 0 Å². The molecule has 0 bridgehead atoms. The number of rotatable bonds is 4. The van der Waals surface area contributed by atoms with Crippen LogP contribution in [0.1, 0.15) is 20.3 Å². The van der Waals surface area contributed by atoms with Crippen LogP contribution >= 0.6 is 0 Å². The van der Waals surface area contributed by atoms with Crippen molar-refractivity contribution in [1.82, 2.24) is 0 Å². The van der Waals surface area contributed by atoms with Crippen molar-refractivity contribution in [3.63, 3.8) is 0 Å². The van der Waals surface area contributed by atoms with Crippen LogP contribution in [0.3, 0.4) is 0 Å². The second-order valence-electron chi connectivity index (χ2n) is 3.32. The first kappa shape index (κ1) is 9.78. The molecule has 0 aliphatic rings. The van der Waals surface area contributed by atoms with Crippen molar-refractivity contribution < 1.29 is 4.79 Å². The van der Waals surface area contributed by atoms with Gasteiger partial charge in [-0.05, 0) is 26.0 Å². The summed E-state index contributed by atoms with van der Waals surface area (Å²) in [7, 11) is 0. The lowest BCUT2D eigenvalue weighted by Crippen LogP contribution is -2.17. The molecule has 1 unspecified atom stereocenters. The monoisotopic (exact) mass is 177 g/mol. The van der Waals surface area contributed by atoms with Gasteiger partial charge < -0.3 is 5.32 Å². The van der Waals surface area contributed by atoms with Crippen molar-refractivity contribution in [1.29, 1.82) is 0 Å². The van der Waals surface area contributed by atoms with Crippen molar-refractivity contribution in [3.05, 3.63) is 30.3 Å². The van der Waals surface area contributed by atoms with E-state index in [4.69, 9.17) is 0 Å². The first-order valence-electron chi connectivity index (χ1n) is 4.49. The molecule has 13 heavy (non-hydrogen) atoms. The fraction of sp³-hybridized carbons (Fsp3) is 0.364. The fourth-order valence-electron chi connectivity index (χ4n) is 1.30. The van der Waals surface area contributed by atoms with Gasteiger partial charge in [0.25, 0.3) is 0 Å². The molecule has 0 aliphatic carbocycles. The molecular weight excluding hydrogens is 162 g/mol. The first-order valence-corrected chi connectivity index (χ1v) is 4.49. The zero-order chi connectivity index (χ0) is 9.68. The molecular formula is C11H15NO. The molecule has 0 fully saturated rings. The summed E-state index contributed by atoms with van der Waals surface area (Å²) in [6, 6.07) is 10.1. The van der Waals surface area contributed by atoms with E-state index >= 15 is 0 Å². The number of Topliss-reactive ketones (excluding diaryl/α,β-unsaturated/α-hetero) is 1. The molecule has 2 nitrogen and oxygen atoms in total. The number of hydrogen-bond acceptors (Lipinski definition) is 2. The minimum atomic E-state index is 0.208. The highest BCUT2D eigenvalue weighted by Gasteiger charge is 2.03. The Hall–Kier alpha value is -1.31. The van der Waals surface area contributed by atoms with Crippen LogP contribution in [-0.2, 0) is 4.79 Å². The zero-order valence-corrected chi connectivity index (χ0v) is 8.08. The third kappa shape index (κ3) is 3.74. The summed E-state index contributed by atoms with van der Waals surface area (Å²) in [5, 5.41) is 3.25. The number of carbonyl (C=O) groups excluding carboxylic acids is 1. The van der Waals surface area contributed by atoms with Crippen molar-refractivity contribution in [2.75, 3.05) is 5.32 Å². The van der Waals surface area contributed by atoms with Crippen LogP contribution < -0.4 is 5.32 Å². The molecule has 0 saturated heterocycles. The van der Waals surface area contributed by atoms with Gasteiger partial charge in [-0.3, -0.25) is 4.79 Å². The Kier molecular flexibility index (Phi) is 3.50. The standard InChI is InChI=1S/C11H15NO/c1-9(8-10(2)13)12-11-6-4-3-5-7-11/h3-7,9,12H,8H2,1-2H3. The molecule has 1 aromatic carbocycles. The SMILES string of the molecule is CC(=O)CC(C)Nc1ccccc1. The Morgan fingerprint density at radius 2 is 2.00 bits per heavy atom. The predicted octanol–water partition coefficient (Wildman–Crippen LogP) is 2.47. The van der Waals surface area contributed by atoms with Gasteiger partial charge in [-0.2, -0.15) is 0 Å². The van der Waals surface area contributed by atoms with E-state index < -0.39 is 0 Å². The summed E-state index contributed by atoms with van der Waals surface area (Å²) in [6.45, 7) is 3.62. The summed E-state index contributed by atoms with van der Waals surface area (Å²) in [5.41, 5.74) is 1.07. The molecule has 2 heteroatoms. The summed E-state index contributed by atoms with van der Waals surface area (Å²) in [4.78, 5) is 10.8. The lowest BCUT2D eigenvalue weighted by atomic mass is 10.1. The quantitative estimate of drug-likeness (QED) is 0.765. The van der Waals surface area contributed by atoms with Gasteiger partial charge in [-0.15, -0.1) is 0 Å². The van der Waals surface area contributed by atoms with Crippen LogP contribution in [0.2, 0.25) is 0 Å². The largest absolute Gasteiger partial charge is 0.382 e. The normalized spacial score (nSPS) is 12.2. The van der Waals surface area contributed by atoms with Crippen LogP contribution in [0, 0.1) is 0 Å². The molecule has 1 aromatic rings. The smallest absolute Gasteiger partial charge is 0.131 e. The second-order valence-corrected chi connectivity index (χ2v) is 3.32. The molecule has 1 rings (SSSR count). The van der Waals surface area contributed by atoms with E-state index in [0.29, 0.717) is 6.42 Å². The Morgan fingerprint density at radius 1 is 1.38 bits per heavy atom. The summed E-state index contributed by atoms with van der Waals surface area (Å²) >= 11 is 0. The molecule has 70 valence electrons. The van der Waals surface area contributed by atoms with Crippen LogP contribution in [0.25, 0.3) is 0 Å². The average Bonchev–Trinajstić information content (AvgIpc) is 2.04.